The van der Waals surface area contributed by atoms with Gasteiger partial charge in [0.1, 0.15) is 11.4 Å². The Bertz CT molecular complexity index is 929. The molecule has 0 unspecified atom stereocenters. The first-order valence-corrected chi connectivity index (χ1v) is 8.29. The number of hydrogen-bond acceptors (Lipinski definition) is 5. The fourth-order valence-corrected chi connectivity index (χ4v) is 2.29. The molecule has 5 nitrogen and oxygen atoms in total. The summed E-state index contributed by atoms with van der Waals surface area (Å²) in [6.07, 6.45) is 0. The van der Waals surface area contributed by atoms with Crippen LogP contribution in [-0.2, 0) is 0 Å². The van der Waals surface area contributed by atoms with Crippen molar-refractivity contribution in [3.05, 3.63) is 77.9 Å². The van der Waals surface area contributed by atoms with Gasteiger partial charge < -0.3 is 4.74 Å². The van der Waals surface area contributed by atoms with E-state index in [0.717, 1.165) is 22.6 Å². The van der Waals surface area contributed by atoms with Crippen LogP contribution < -0.4 is 4.74 Å². The van der Waals surface area contributed by atoms with E-state index in [-0.39, 0.29) is 0 Å². The molecule has 3 rings (SSSR count). The topological polar surface area (TPSA) is 58.7 Å². The minimum atomic E-state index is 0.696. The monoisotopic (exact) mass is 344 g/mol. The molecule has 5 heteroatoms. The van der Waals surface area contributed by atoms with E-state index < -0.39 is 0 Å². The summed E-state index contributed by atoms with van der Waals surface area (Å²) in [5.41, 5.74) is 5.33. The molecule has 0 saturated carbocycles. The average Bonchev–Trinajstić information content (AvgIpc) is 2.67. The third-order valence-corrected chi connectivity index (χ3v) is 3.77. The van der Waals surface area contributed by atoms with Gasteiger partial charge in [-0.25, -0.2) is 0 Å². The molecule has 26 heavy (non-hydrogen) atoms. The standard InChI is InChI=1S/C21H20N4O/c1-15-4-7-17(8-5-15)22-23-18-9-11-19(12-10-18)24-25-20-13-6-16(2)14-21(20)26-3/h4-14H,1-3H3. The van der Waals surface area contributed by atoms with Crippen LogP contribution in [0.1, 0.15) is 11.1 Å². The molecular formula is C21H20N4O. The van der Waals surface area contributed by atoms with Gasteiger partial charge >= 0.3 is 0 Å². The molecule has 0 aromatic heterocycles. The van der Waals surface area contributed by atoms with Gasteiger partial charge in [-0.1, -0.05) is 23.8 Å². The third-order valence-electron chi connectivity index (χ3n) is 3.77. The van der Waals surface area contributed by atoms with Gasteiger partial charge in [-0.2, -0.15) is 15.3 Å². The average molecular weight is 344 g/mol. The lowest BCUT2D eigenvalue weighted by atomic mass is 10.2. The number of azo groups is 2. The molecule has 0 amide bonds. The highest BCUT2D eigenvalue weighted by Crippen LogP contribution is 2.30. The van der Waals surface area contributed by atoms with Gasteiger partial charge in [-0.3, -0.25) is 0 Å². The maximum Gasteiger partial charge on any atom is 0.146 e. The van der Waals surface area contributed by atoms with Crippen LogP contribution in [0, 0.1) is 13.8 Å². The Labute approximate surface area is 153 Å². The van der Waals surface area contributed by atoms with Crippen LogP contribution in [0.15, 0.2) is 87.2 Å². The molecular weight excluding hydrogens is 324 g/mol. The second-order valence-electron chi connectivity index (χ2n) is 5.93. The molecule has 3 aromatic carbocycles. The van der Waals surface area contributed by atoms with E-state index >= 15 is 0 Å². The van der Waals surface area contributed by atoms with Crippen molar-refractivity contribution in [1.82, 2.24) is 0 Å². The zero-order valence-corrected chi connectivity index (χ0v) is 15.0. The second-order valence-corrected chi connectivity index (χ2v) is 5.93. The van der Waals surface area contributed by atoms with Crippen LogP contribution >= 0.6 is 0 Å². The Kier molecular flexibility index (Phi) is 5.49. The van der Waals surface area contributed by atoms with Crippen LogP contribution in [0.5, 0.6) is 5.75 Å². The highest BCUT2D eigenvalue weighted by molar-refractivity contribution is 5.54. The van der Waals surface area contributed by atoms with Crippen molar-refractivity contribution in [3.63, 3.8) is 0 Å². The fourth-order valence-electron chi connectivity index (χ4n) is 2.29. The molecule has 0 aliphatic rings. The maximum absolute atomic E-state index is 5.33. The maximum atomic E-state index is 5.33. The third kappa shape index (κ3) is 4.60. The summed E-state index contributed by atoms with van der Waals surface area (Å²) in [5, 5.41) is 17.0. The van der Waals surface area contributed by atoms with Gasteiger partial charge in [0.15, 0.2) is 0 Å². The van der Waals surface area contributed by atoms with Crippen molar-refractivity contribution in [2.24, 2.45) is 20.5 Å². The quantitative estimate of drug-likeness (QED) is 0.454. The zero-order chi connectivity index (χ0) is 18.4. The summed E-state index contributed by atoms with van der Waals surface area (Å²) in [6.45, 7) is 4.05. The Morgan fingerprint density at radius 1 is 0.577 bits per heavy atom. The fraction of sp³-hybridized carbons (Fsp3) is 0.143. The number of methoxy groups -OCH3 is 1. The normalized spacial score (nSPS) is 11.3. The minimum absolute atomic E-state index is 0.696. The molecule has 0 heterocycles. The van der Waals surface area contributed by atoms with Crippen LogP contribution in [-0.4, -0.2) is 7.11 Å². The number of rotatable bonds is 5. The van der Waals surface area contributed by atoms with Gasteiger partial charge in [0, 0.05) is 0 Å². The van der Waals surface area contributed by atoms with Crippen molar-refractivity contribution in [2.45, 2.75) is 13.8 Å². The SMILES string of the molecule is COc1cc(C)ccc1N=Nc1ccc(N=Nc2ccc(C)cc2)cc1. The van der Waals surface area contributed by atoms with E-state index in [2.05, 4.69) is 20.5 Å². The highest BCUT2D eigenvalue weighted by Gasteiger charge is 2.01. The summed E-state index contributed by atoms with van der Waals surface area (Å²) >= 11 is 0. The minimum Gasteiger partial charge on any atom is -0.494 e. The number of benzene rings is 3. The van der Waals surface area contributed by atoms with Gasteiger partial charge in [0.2, 0.25) is 0 Å². The molecule has 0 spiro atoms. The predicted octanol–water partition coefficient (Wildman–Crippen LogP) is 7.14. The van der Waals surface area contributed by atoms with Crippen LogP contribution in [0.2, 0.25) is 0 Å². The Morgan fingerprint density at radius 3 is 1.58 bits per heavy atom. The number of aryl methyl sites for hydroxylation is 2. The summed E-state index contributed by atoms with van der Waals surface area (Å²) in [4.78, 5) is 0. The number of ether oxygens (including phenoxy) is 1. The molecule has 3 aromatic rings. The highest BCUT2D eigenvalue weighted by atomic mass is 16.5. The summed E-state index contributed by atoms with van der Waals surface area (Å²) in [6, 6.07) is 21.1. The van der Waals surface area contributed by atoms with Gasteiger partial charge in [-0.15, -0.1) is 5.11 Å². The summed E-state index contributed by atoms with van der Waals surface area (Å²) < 4.78 is 5.33. The molecule has 0 radical (unpaired) electrons. The van der Waals surface area contributed by atoms with Gasteiger partial charge in [-0.05, 0) is 67.9 Å². The predicted molar refractivity (Wildman–Crippen MR) is 104 cm³/mol. The van der Waals surface area contributed by atoms with Crippen molar-refractivity contribution >= 4 is 22.7 Å². The Morgan fingerprint density at radius 2 is 1.04 bits per heavy atom. The molecule has 0 N–H and O–H groups in total. The van der Waals surface area contributed by atoms with E-state index in [0.29, 0.717) is 11.4 Å². The van der Waals surface area contributed by atoms with E-state index in [9.17, 15) is 0 Å². The molecule has 130 valence electrons. The number of nitrogens with zero attached hydrogens (tertiary/aromatic N) is 4. The molecule has 0 atom stereocenters. The second kappa shape index (κ2) is 8.16. The molecule has 0 aliphatic carbocycles. The molecule has 0 aliphatic heterocycles. The first kappa shape index (κ1) is 17.5. The lowest BCUT2D eigenvalue weighted by molar-refractivity contribution is 0.415. The van der Waals surface area contributed by atoms with Crippen molar-refractivity contribution in [1.29, 1.82) is 0 Å². The van der Waals surface area contributed by atoms with Gasteiger partial charge in [0.05, 0.1) is 24.2 Å². The van der Waals surface area contributed by atoms with Crippen molar-refractivity contribution in [2.75, 3.05) is 7.11 Å². The smallest absolute Gasteiger partial charge is 0.146 e. The molecule has 0 bridgehead atoms. The summed E-state index contributed by atoms with van der Waals surface area (Å²) in [5.74, 6) is 0.706. The Balaban J connectivity index is 1.70. The zero-order valence-electron chi connectivity index (χ0n) is 15.0. The number of hydrogen-bond donors (Lipinski definition) is 0. The van der Waals surface area contributed by atoms with Crippen LogP contribution in [0.25, 0.3) is 0 Å². The Hall–Kier alpha value is -3.34. The lowest BCUT2D eigenvalue weighted by Crippen LogP contribution is -1.83. The van der Waals surface area contributed by atoms with E-state index in [4.69, 9.17) is 4.74 Å². The molecule has 0 saturated heterocycles. The first-order chi connectivity index (χ1) is 12.6. The van der Waals surface area contributed by atoms with Crippen LogP contribution in [0.3, 0.4) is 0 Å². The lowest BCUT2D eigenvalue weighted by Gasteiger charge is -2.04. The summed E-state index contributed by atoms with van der Waals surface area (Å²) in [7, 11) is 1.63. The largest absolute Gasteiger partial charge is 0.494 e. The molecule has 0 fully saturated rings. The van der Waals surface area contributed by atoms with E-state index in [1.807, 2.05) is 80.6 Å². The van der Waals surface area contributed by atoms with Crippen molar-refractivity contribution < 1.29 is 4.74 Å². The first-order valence-electron chi connectivity index (χ1n) is 8.29. The van der Waals surface area contributed by atoms with E-state index in [1.54, 1.807) is 7.11 Å². The van der Waals surface area contributed by atoms with Crippen molar-refractivity contribution in [3.8, 4) is 5.75 Å². The van der Waals surface area contributed by atoms with Gasteiger partial charge in [0.25, 0.3) is 0 Å². The van der Waals surface area contributed by atoms with Crippen LogP contribution in [0.4, 0.5) is 22.7 Å². The van der Waals surface area contributed by atoms with E-state index in [1.165, 1.54) is 5.56 Å².